The summed E-state index contributed by atoms with van der Waals surface area (Å²) in [7, 11) is 1.78. The van der Waals surface area contributed by atoms with E-state index < -0.39 is 59.7 Å². The molecule has 9 rings (SSSR count). The number of H-pyrrole nitrogens is 3. The summed E-state index contributed by atoms with van der Waals surface area (Å²) in [5, 5.41) is 15.7. The Morgan fingerprint density at radius 1 is 0.576 bits per heavy atom. The summed E-state index contributed by atoms with van der Waals surface area (Å²) < 4.78 is 89.5. The zero-order valence-corrected chi connectivity index (χ0v) is 48.2. The lowest BCUT2D eigenvalue weighted by Gasteiger charge is -2.32. The highest BCUT2D eigenvalue weighted by molar-refractivity contribution is 6.31. The summed E-state index contributed by atoms with van der Waals surface area (Å²) >= 11 is 6.06. The first kappa shape index (κ1) is 63.5. The smallest absolute Gasteiger partial charge is 0.356 e. The molecule has 0 radical (unpaired) electrons. The highest BCUT2D eigenvalue weighted by atomic mass is 35.5. The molecule has 0 aliphatic carbocycles. The van der Waals surface area contributed by atoms with Gasteiger partial charge in [0.2, 0.25) is 17.7 Å². The molecule has 3 amide bonds. The number of carbonyl (C=O) groups excluding carboxylic acids is 3. The van der Waals surface area contributed by atoms with Gasteiger partial charge in [0.15, 0.2) is 29.1 Å². The van der Waals surface area contributed by atoms with Gasteiger partial charge in [-0.1, -0.05) is 39.3 Å². The number of alkyl halides is 6. The van der Waals surface area contributed by atoms with Crippen molar-refractivity contribution in [3.8, 4) is 34.2 Å². The molecule has 0 atom stereocenters. The molecule has 0 fully saturated rings. The Labute approximate surface area is 496 Å². The fourth-order valence-corrected chi connectivity index (χ4v) is 9.08. The average Bonchev–Trinajstić information content (AvgIpc) is 1.80. The number of carbonyl (C=O) groups is 3. The molecule has 0 aromatic carbocycles. The number of aromatic amines is 3. The molecule has 0 bridgehead atoms. The van der Waals surface area contributed by atoms with Crippen LogP contribution in [0.4, 0.5) is 48.2 Å². The molecule has 85 heavy (non-hydrogen) atoms. The Morgan fingerprint density at radius 2 is 1.02 bits per heavy atom. The predicted molar refractivity (Wildman–Crippen MR) is 322 cm³/mol. The molecule has 9 aromatic heterocycles. The largest absolute Gasteiger partial charge is 0.405 e. The molecule has 0 saturated carbocycles. The van der Waals surface area contributed by atoms with Crippen LogP contribution in [0.3, 0.4) is 0 Å². The third-order valence-electron chi connectivity index (χ3n) is 13.9. The summed E-state index contributed by atoms with van der Waals surface area (Å²) in [6.45, 7) is 10.1. The second-order valence-electron chi connectivity index (χ2n) is 19.9. The highest BCUT2D eigenvalue weighted by Crippen LogP contribution is 2.32. The van der Waals surface area contributed by atoms with Crippen molar-refractivity contribution in [3.05, 3.63) is 109 Å². The minimum atomic E-state index is -4.56. The first-order chi connectivity index (χ1) is 40.3. The van der Waals surface area contributed by atoms with E-state index >= 15 is 0 Å². The summed E-state index contributed by atoms with van der Waals surface area (Å²) in [5.41, 5.74) is 0.614. The fraction of sp³-hybridized carbons (Fsp3) is 0.357. The van der Waals surface area contributed by atoms with Gasteiger partial charge < -0.3 is 46.4 Å². The summed E-state index contributed by atoms with van der Waals surface area (Å²) in [5.74, 6) is -0.698. The van der Waals surface area contributed by atoms with Crippen LogP contribution in [0.25, 0.3) is 67.3 Å². The third-order valence-corrected chi connectivity index (χ3v) is 14.1. The number of anilines is 3. The summed E-state index contributed by atoms with van der Waals surface area (Å²) in [6, 6.07) is 12.3. The number of aromatic nitrogens is 12. The number of fused-ring (bicyclic) bond motifs is 3. The van der Waals surface area contributed by atoms with Crippen LogP contribution in [-0.2, 0) is 14.4 Å². The molecule has 0 aliphatic rings. The maximum absolute atomic E-state index is 14.4. The number of hydrogen-bond acceptors (Lipinski definition) is 15. The van der Waals surface area contributed by atoms with Crippen LogP contribution in [0.2, 0.25) is 5.02 Å². The zero-order chi connectivity index (χ0) is 61.9. The highest BCUT2D eigenvalue weighted by Gasteiger charge is 2.40. The Hall–Kier alpha value is -9.08. The number of halogens is 8. The monoisotopic (exact) mass is 1210 g/mol. The number of pyridine rings is 3. The van der Waals surface area contributed by atoms with Gasteiger partial charge in [-0.05, 0) is 88.9 Å². The number of nitrogens with one attached hydrogen (secondary N) is 8. The molecule has 29 heteroatoms. The minimum Gasteiger partial charge on any atom is -0.356 e. The van der Waals surface area contributed by atoms with Gasteiger partial charge in [0.05, 0.1) is 11.2 Å². The molecular weight excluding hydrogens is 1140 g/mol. The normalized spacial score (nSPS) is 12.0. The van der Waals surface area contributed by atoms with Gasteiger partial charge in [-0.25, -0.2) is 49.2 Å². The van der Waals surface area contributed by atoms with E-state index in [1.54, 1.807) is 113 Å². The Morgan fingerprint density at radius 3 is 1.49 bits per heavy atom. The fourth-order valence-electron chi connectivity index (χ4n) is 8.92. The van der Waals surface area contributed by atoms with Crippen LogP contribution < -0.4 is 26.6 Å². The quantitative estimate of drug-likeness (QED) is 0.0350. The van der Waals surface area contributed by atoms with Gasteiger partial charge in [-0.2, -0.15) is 26.3 Å². The predicted octanol–water partition coefficient (Wildman–Crippen LogP) is 12.3. The van der Waals surface area contributed by atoms with E-state index in [9.17, 15) is 45.1 Å². The van der Waals surface area contributed by atoms with Crippen LogP contribution in [0.1, 0.15) is 82.7 Å². The van der Waals surface area contributed by atoms with Crippen molar-refractivity contribution >= 4 is 79.9 Å². The molecule has 0 spiro atoms. The number of amides is 3. The van der Waals surface area contributed by atoms with Gasteiger partial charge >= 0.3 is 12.4 Å². The summed E-state index contributed by atoms with van der Waals surface area (Å²) in [4.78, 5) is 86.9. The van der Waals surface area contributed by atoms with Crippen LogP contribution in [0.15, 0.2) is 98.2 Å². The van der Waals surface area contributed by atoms with E-state index in [1.807, 2.05) is 43.5 Å². The summed E-state index contributed by atoms with van der Waals surface area (Å²) in [6.07, 6.45) is 5.91. The van der Waals surface area contributed by atoms with E-state index in [2.05, 4.69) is 75.8 Å². The van der Waals surface area contributed by atoms with Crippen LogP contribution in [0, 0.1) is 5.82 Å². The molecule has 9 heterocycles. The van der Waals surface area contributed by atoms with E-state index in [0.29, 0.717) is 57.4 Å². The molecular formula is C56H74ClF7N18O3. The maximum atomic E-state index is 14.4. The molecule has 21 nitrogen and oxygen atoms in total. The molecule has 0 saturated heterocycles. The van der Waals surface area contributed by atoms with Gasteiger partial charge in [0, 0.05) is 105 Å². The van der Waals surface area contributed by atoms with E-state index in [0.717, 1.165) is 33.5 Å². The van der Waals surface area contributed by atoms with Crippen molar-refractivity contribution in [2.75, 3.05) is 42.6 Å². The Bertz CT molecular complexity index is 3800. The number of rotatable bonds is 19. The van der Waals surface area contributed by atoms with E-state index in [-0.39, 0.29) is 51.8 Å². The second kappa shape index (κ2) is 26.7. The van der Waals surface area contributed by atoms with Crippen molar-refractivity contribution in [2.24, 2.45) is 0 Å². The molecule has 0 unspecified atom stereocenters. The van der Waals surface area contributed by atoms with Crippen molar-refractivity contribution in [3.63, 3.8) is 0 Å². The van der Waals surface area contributed by atoms with Crippen LogP contribution >= 0.6 is 11.6 Å². The van der Waals surface area contributed by atoms with Crippen LogP contribution in [0.5, 0.6) is 0 Å². The average molecular weight is 1220 g/mol. The third kappa shape index (κ3) is 15.4. The number of likely N-dealkylation sites (N-methyl/N-ethyl adjacent to an activating group) is 1. The molecule has 462 valence electrons. The molecule has 0 aliphatic heterocycles. The lowest BCUT2D eigenvalue weighted by Crippen LogP contribution is -2.53. The lowest BCUT2D eigenvalue weighted by molar-refractivity contribution is -0.141. The van der Waals surface area contributed by atoms with E-state index in [4.69, 9.17) is 11.6 Å². The molecule has 9 aromatic rings. The van der Waals surface area contributed by atoms with Crippen molar-refractivity contribution in [2.45, 2.75) is 103 Å². The Kier molecular flexibility index (Phi) is 19.9. The first-order valence-corrected chi connectivity index (χ1v) is 27.1. The standard InChI is InChI=1S/C19H20F4N6O.C19H21F3N6O.C18H21ClN6O.6H2/c1-3-18(4-2,17(30)27-10-19(21,22)23)29-16-13(20)9-26-15(28-16)12-8-25-14-11(12)6-5-7-24-14;1-3-18(4-2,17(29)26-11-19(20,21)22)28-14-7-9-24-16(27-14)13-10-25-15-12(13)6-5-8-23-15;1-5-25(4)17(26)18(2,3)24-14-6-7-20-16(23-14)13-10-22-15-12(13)8-11(19)9-21-15;;;;;;/h5-9H,3-4,10H2,1-2H3,(H,24,25)(H,27,30)(H,26,28,29);5-10H,3-4,11H2,1-2H3,(H,23,25)(H,26,29)(H,24,27,28);6-10H,5H2,1-4H3,(H,21,22)(H,20,23,24);6*1H. The van der Waals surface area contributed by atoms with Crippen molar-refractivity contribution in [1.82, 2.24) is 75.3 Å². The minimum absolute atomic E-state index is 0. The maximum Gasteiger partial charge on any atom is 0.405 e. The van der Waals surface area contributed by atoms with Crippen LogP contribution in [-0.4, -0.2) is 138 Å². The van der Waals surface area contributed by atoms with Gasteiger partial charge in [0.1, 0.15) is 58.3 Å². The first-order valence-electron chi connectivity index (χ1n) is 26.7. The van der Waals surface area contributed by atoms with Gasteiger partial charge in [0.25, 0.3) is 0 Å². The topological polar surface area (TPSA) is 278 Å². The lowest BCUT2D eigenvalue weighted by atomic mass is 9.91. The van der Waals surface area contributed by atoms with Gasteiger partial charge in [-0.3, -0.25) is 14.4 Å². The zero-order valence-electron chi connectivity index (χ0n) is 47.4. The Balaban J connectivity index is 0.000000662. The molecule has 8 N–H and O–H groups in total. The second-order valence-corrected chi connectivity index (χ2v) is 20.3. The number of nitrogens with zero attached hydrogens (tertiary/aromatic N) is 10. The van der Waals surface area contributed by atoms with Crippen molar-refractivity contribution < 1.29 is 53.7 Å². The van der Waals surface area contributed by atoms with Gasteiger partial charge in [-0.15, -0.1) is 0 Å². The number of hydrogen-bond donors (Lipinski definition) is 8. The van der Waals surface area contributed by atoms with Crippen molar-refractivity contribution in [1.29, 1.82) is 0 Å². The van der Waals surface area contributed by atoms with E-state index in [1.165, 1.54) is 6.20 Å². The SMILES string of the molecule is CCC(CC)(Nc1ccnc(-c2c[nH]c3ncccc23)n1)C(=O)NCC(F)(F)F.CCC(CC)(Nc1nc(-c2c[nH]c3ncccc23)ncc1F)C(=O)NCC(F)(F)F.CCN(C)C(=O)C(C)(C)Nc1ccnc(-c2c[nH]c3ncc(Cl)cc23)n1.[HH].[HH].[HH].[HH].[HH].[HH].